The summed E-state index contributed by atoms with van der Waals surface area (Å²) in [6.45, 7) is 0. The molecule has 4 heteroatoms. The summed E-state index contributed by atoms with van der Waals surface area (Å²) in [7, 11) is 0. The average Bonchev–Trinajstić information content (AvgIpc) is 3.49. The number of benzene rings is 2. The van der Waals surface area contributed by atoms with Crippen LogP contribution in [-0.2, 0) is 12.8 Å². The van der Waals surface area contributed by atoms with Crippen LogP contribution in [0.3, 0.4) is 0 Å². The Morgan fingerprint density at radius 3 is 2.45 bits per heavy atom. The normalized spacial score (nSPS) is 13.5. The predicted octanol–water partition coefficient (Wildman–Crippen LogP) is 5.57. The van der Waals surface area contributed by atoms with Crippen LogP contribution in [0.4, 0.5) is 0 Å². The summed E-state index contributed by atoms with van der Waals surface area (Å²) in [4.78, 5) is 14.0. The number of fused-ring (bicyclic) bond motifs is 14. The van der Waals surface area contributed by atoms with E-state index in [9.17, 15) is 0 Å². The molecular formula is C27H16N4. The van der Waals surface area contributed by atoms with Gasteiger partial charge in [-0.1, -0.05) is 36.4 Å². The molecule has 0 saturated heterocycles. The predicted molar refractivity (Wildman–Crippen MR) is 122 cm³/mol. The molecular weight excluding hydrogens is 380 g/mol. The second-order valence-electron chi connectivity index (χ2n) is 8.51. The van der Waals surface area contributed by atoms with Crippen LogP contribution in [0.25, 0.3) is 49.7 Å². The molecule has 0 atom stereocenters. The third-order valence-corrected chi connectivity index (χ3v) is 7.07. The molecule has 4 aromatic heterocycles. The zero-order valence-corrected chi connectivity index (χ0v) is 16.6. The molecule has 2 aromatic carbocycles. The minimum atomic E-state index is 0.902. The minimum absolute atomic E-state index is 0.902. The van der Waals surface area contributed by atoms with Crippen molar-refractivity contribution in [3.63, 3.8) is 0 Å². The standard InChI is InChI=1S/C27H16N4/c1-2-4-16-15(3-1)11-21-17(16)5-6-20-22(21)12-24-26(20)30-27-23-13-28-9-7-18(23)19-8-10-29-14-25(19)31(24)27/h1-10,13-14H,11-12H2. The highest BCUT2D eigenvalue weighted by Crippen LogP contribution is 2.47. The number of hydrogen-bond acceptors (Lipinski definition) is 3. The first-order valence-electron chi connectivity index (χ1n) is 10.6. The highest BCUT2D eigenvalue weighted by atomic mass is 15.0. The van der Waals surface area contributed by atoms with Crippen molar-refractivity contribution in [1.82, 2.24) is 19.4 Å². The van der Waals surface area contributed by atoms with E-state index in [0.717, 1.165) is 35.1 Å². The highest BCUT2D eigenvalue weighted by Gasteiger charge is 2.31. The molecule has 0 N–H and O–H groups in total. The molecule has 0 radical (unpaired) electrons. The van der Waals surface area contributed by atoms with Gasteiger partial charge >= 0.3 is 0 Å². The van der Waals surface area contributed by atoms with E-state index in [1.165, 1.54) is 49.8 Å². The zero-order chi connectivity index (χ0) is 20.1. The Labute approximate surface area is 177 Å². The van der Waals surface area contributed by atoms with Crippen molar-refractivity contribution < 1.29 is 0 Å². The van der Waals surface area contributed by atoms with Crippen LogP contribution in [0.2, 0.25) is 0 Å². The van der Waals surface area contributed by atoms with Crippen molar-refractivity contribution >= 4 is 27.3 Å². The Bertz CT molecular complexity index is 1740. The lowest BCUT2D eigenvalue weighted by Crippen LogP contribution is -1.98. The van der Waals surface area contributed by atoms with Crippen LogP contribution in [0, 0.1) is 0 Å². The molecule has 0 fully saturated rings. The van der Waals surface area contributed by atoms with E-state index in [1.807, 2.05) is 24.8 Å². The second-order valence-corrected chi connectivity index (χ2v) is 8.51. The molecule has 0 spiro atoms. The molecule has 0 bridgehead atoms. The zero-order valence-electron chi connectivity index (χ0n) is 16.6. The van der Waals surface area contributed by atoms with Gasteiger partial charge in [-0.05, 0) is 51.8 Å². The van der Waals surface area contributed by atoms with E-state index in [1.54, 1.807) is 0 Å². The van der Waals surface area contributed by atoms with E-state index in [4.69, 9.17) is 4.98 Å². The summed E-state index contributed by atoms with van der Waals surface area (Å²) in [6, 6.07) is 17.5. The molecule has 0 amide bonds. The lowest BCUT2D eigenvalue weighted by molar-refractivity contribution is 1.07. The second kappa shape index (κ2) is 5.35. The van der Waals surface area contributed by atoms with Crippen molar-refractivity contribution in [3.05, 3.63) is 95.7 Å². The molecule has 144 valence electrons. The van der Waals surface area contributed by atoms with Crippen LogP contribution < -0.4 is 0 Å². The Balaban J connectivity index is 1.47. The Kier molecular flexibility index (Phi) is 2.72. The fourth-order valence-electron chi connectivity index (χ4n) is 5.74. The van der Waals surface area contributed by atoms with Crippen molar-refractivity contribution in [3.8, 4) is 22.4 Å². The number of rotatable bonds is 0. The fourth-order valence-corrected chi connectivity index (χ4v) is 5.74. The van der Waals surface area contributed by atoms with Crippen molar-refractivity contribution in [2.45, 2.75) is 12.8 Å². The van der Waals surface area contributed by atoms with Crippen LogP contribution in [0.5, 0.6) is 0 Å². The molecule has 4 heterocycles. The molecule has 4 nitrogen and oxygen atoms in total. The van der Waals surface area contributed by atoms with Gasteiger partial charge in [0.2, 0.25) is 0 Å². The van der Waals surface area contributed by atoms with Gasteiger partial charge in [0.05, 0.1) is 23.1 Å². The average molecular weight is 396 g/mol. The van der Waals surface area contributed by atoms with Crippen molar-refractivity contribution in [1.29, 1.82) is 0 Å². The number of nitrogens with zero attached hydrogens (tertiary/aromatic N) is 4. The summed E-state index contributed by atoms with van der Waals surface area (Å²) in [6.07, 6.45) is 9.53. The maximum Gasteiger partial charge on any atom is 0.147 e. The van der Waals surface area contributed by atoms with Gasteiger partial charge in [0.25, 0.3) is 0 Å². The first-order chi connectivity index (χ1) is 15.4. The largest absolute Gasteiger partial charge is 0.294 e. The number of imidazole rings is 1. The molecule has 0 aliphatic heterocycles. The Hall–Kier alpha value is -4.05. The summed E-state index contributed by atoms with van der Waals surface area (Å²) >= 11 is 0. The SMILES string of the molecule is c1ccc2c(c1)Cc1c-2ccc2c1Cc1c-2nc2c3cnccc3c3ccncc3n12. The maximum absolute atomic E-state index is 5.18. The van der Waals surface area contributed by atoms with Gasteiger partial charge in [0, 0.05) is 41.3 Å². The molecule has 8 rings (SSSR count). The quantitative estimate of drug-likeness (QED) is 0.315. The maximum atomic E-state index is 5.18. The first-order valence-corrected chi connectivity index (χ1v) is 10.6. The topological polar surface area (TPSA) is 43.1 Å². The van der Waals surface area contributed by atoms with Gasteiger partial charge in [0.15, 0.2) is 0 Å². The van der Waals surface area contributed by atoms with Crippen LogP contribution in [0.15, 0.2) is 73.3 Å². The summed E-state index contributed by atoms with van der Waals surface area (Å²) < 4.78 is 2.32. The van der Waals surface area contributed by atoms with E-state index < -0.39 is 0 Å². The Morgan fingerprint density at radius 1 is 0.677 bits per heavy atom. The highest BCUT2D eigenvalue weighted by molar-refractivity contribution is 6.11. The van der Waals surface area contributed by atoms with E-state index in [-0.39, 0.29) is 0 Å². The fraction of sp³-hybridized carbons (Fsp3) is 0.0741. The van der Waals surface area contributed by atoms with Gasteiger partial charge in [-0.2, -0.15) is 0 Å². The van der Waals surface area contributed by atoms with Crippen LogP contribution in [0.1, 0.15) is 22.4 Å². The summed E-state index contributed by atoms with van der Waals surface area (Å²) in [5.41, 5.74) is 12.8. The van der Waals surface area contributed by atoms with Gasteiger partial charge in [-0.3, -0.25) is 14.4 Å². The first kappa shape index (κ1) is 15.7. The van der Waals surface area contributed by atoms with Crippen molar-refractivity contribution in [2.24, 2.45) is 0 Å². The van der Waals surface area contributed by atoms with Crippen LogP contribution in [-0.4, -0.2) is 19.4 Å². The molecule has 0 unspecified atom stereocenters. The molecule has 2 aliphatic carbocycles. The van der Waals surface area contributed by atoms with E-state index >= 15 is 0 Å². The van der Waals surface area contributed by atoms with Crippen LogP contribution >= 0.6 is 0 Å². The lowest BCUT2D eigenvalue weighted by Gasteiger charge is -2.10. The van der Waals surface area contributed by atoms with Crippen molar-refractivity contribution in [2.75, 3.05) is 0 Å². The molecule has 31 heavy (non-hydrogen) atoms. The minimum Gasteiger partial charge on any atom is -0.294 e. The number of hydrogen-bond donors (Lipinski definition) is 0. The lowest BCUT2D eigenvalue weighted by atomic mass is 9.97. The van der Waals surface area contributed by atoms with Gasteiger partial charge < -0.3 is 0 Å². The molecule has 6 aromatic rings. The van der Waals surface area contributed by atoms with Gasteiger partial charge in [-0.15, -0.1) is 0 Å². The smallest absolute Gasteiger partial charge is 0.147 e. The third kappa shape index (κ3) is 1.84. The van der Waals surface area contributed by atoms with E-state index in [2.05, 4.69) is 62.9 Å². The number of aromatic nitrogens is 4. The van der Waals surface area contributed by atoms with E-state index in [0.29, 0.717) is 0 Å². The monoisotopic (exact) mass is 396 g/mol. The number of pyridine rings is 3. The molecule has 2 aliphatic rings. The van der Waals surface area contributed by atoms with Gasteiger partial charge in [-0.25, -0.2) is 4.98 Å². The third-order valence-electron chi connectivity index (χ3n) is 7.07. The van der Waals surface area contributed by atoms with Gasteiger partial charge in [0.1, 0.15) is 5.65 Å². The Morgan fingerprint density at radius 2 is 1.48 bits per heavy atom. The summed E-state index contributed by atoms with van der Waals surface area (Å²) in [5, 5.41) is 3.45. The summed E-state index contributed by atoms with van der Waals surface area (Å²) in [5.74, 6) is 0. The molecule has 0 saturated carbocycles.